The van der Waals surface area contributed by atoms with Crippen LogP contribution in [0.2, 0.25) is 0 Å². The Morgan fingerprint density at radius 3 is 2.46 bits per heavy atom. The van der Waals surface area contributed by atoms with Crippen molar-refractivity contribution in [3.63, 3.8) is 0 Å². The van der Waals surface area contributed by atoms with Gasteiger partial charge in [-0.15, -0.1) is 11.8 Å². The molecule has 0 amide bonds. The van der Waals surface area contributed by atoms with Gasteiger partial charge in [0.1, 0.15) is 0 Å². The van der Waals surface area contributed by atoms with Crippen LogP contribution < -0.4 is 0 Å². The highest BCUT2D eigenvalue weighted by atomic mass is 32.2. The van der Waals surface area contributed by atoms with Gasteiger partial charge in [-0.2, -0.15) is 0 Å². The van der Waals surface area contributed by atoms with Gasteiger partial charge in [0.15, 0.2) is 0 Å². The van der Waals surface area contributed by atoms with Crippen molar-refractivity contribution < 1.29 is 9.90 Å². The quantitative estimate of drug-likeness (QED) is 0.388. The summed E-state index contributed by atoms with van der Waals surface area (Å²) in [4.78, 5) is 12.0. The Morgan fingerprint density at radius 1 is 1.08 bits per heavy atom. The van der Waals surface area contributed by atoms with Gasteiger partial charge in [-0.25, -0.2) is 4.79 Å². The first kappa shape index (κ1) is 20.3. The third-order valence-electron chi connectivity index (χ3n) is 3.76. The zero-order valence-corrected chi connectivity index (χ0v) is 15.7. The van der Waals surface area contributed by atoms with E-state index in [4.69, 9.17) is 0 Å². The lowest BCUT2D eigenvalue weighted by atomic mass is 10.1. The fourth-order valence-electron chi connectivity index (χ4n) is 2.27. The van der Waals surface area contributed by atoms with Crippen LogP contribution in [-0.4, -0.2) is 16.8 Å². The van der Waals surface area contributed by atoms with Gasteiger partial charge >= 0.3 is 5.97 Å². The molecule has 0 unspecified atom stereocenters. The molecule has 1 aromatic carbocycles. The van der Waals surface area contributed by atoms with Crippen molar-refractivity contribution in [1.82, 2.24) is 0 Å². The number of rotatable bonds is 10. The van der Waals surface area contributed by atoms with Crippen molar-refractivity contribution in [2.75, 3.05) is 5.75 Å². The lowest BCUT2D eigenvalue weighted by Crippen LogP contribution is -1.98. The molecule has 0 atom stereocenters. The summed E-state index contributed by atoms with van der Waals surface area (Å²) in [5.41, 5.74) is 3.19. The van der Waals surface area contributed by atoms with Crippen LogP contribution >= 0.6 is 11.8 Å². The van der Waals surface area contributed by atoms with Crippen LogP contribution in [0.4, 0.5) is 0 Å². The number of thioether (sulfide) groups is 1. The highest BCUT2D eigenvalue weighted by Crippen LogP contribution is 2.23. The molecule has 0 heterocycles. The molecule has 0 spiro atoms. The topological polar surface area (TPSA) is 37.3 Å². The van der Waals surface area contributed by atoms with Crippen molar-refractivity contribution >= 4 is 17.7 Å². The van der Waals surface area contributed by atoms with Crippen LogP contribution in [0.5, 0.6) is 0 Å². The van der Waals surface area contributed by atoms with Crippen LogP contribution in [-0.2, 0) is 0 Å². The maximum atomic E-state index is 11.2. The summed E-state index contributed by atoms with van der Waals surface area (Å²) in [6, 6.07) is 7.17. The zero-order chi connectivity index (χ0) is 17.8. The monoisotopic (exact) mass is 344 g/mol. The maximum absolute atomic E-state index is 11.2. The van der Waals surface area contributed by atoms with E-state index in [2.05, 4.69) is 45.1 Å². The molecule has 0 radical (unpaired) electrons. The molecule has 0 aliphatic carbocycles. The smallest absolute Gasteiger partial charge is 0.336 e. The van der Waals surface area contributed by atoms with Crippen LogP contribution in [0, 0.1) is 0 Å². The number of carbonyl (C=O) groups is 1. The Bertz CT molecular complexity index is 612. The van der Waals surface area contributed by atoms with Gasteiger partial charge < -0.3 is 5.11 Å². The van der Waals surface area contributed by atoms with Crippen molar-refractivity contribution in [2.24, 2.45) is 0 Å². The number of allylic oxidation sites excluding steroid dienone is 5. The second-order valence-corrected chi connectivity index (χ2v) is 6.92. The van der Waals surface area contributed by atoms with E-state index in [0.29, 0.717) is 5.56 Å². The lowest BCUT2D eigenvalue weighted by Gasteiger charge is -2.04. The molecular formula is C21H28O2S. The Kier molecular flexibility index (Phi) is 9.94. The first-order chi connectivity index (χ1) is 11.5. The van der Waals surface area contributed by atoms with E-state index in [9.17, 15) is 9.90 Å². The van der Waals surface area contributed by atoms with Gasteiger partial charge in [-0.3, -0.25) is 0 Å². The first-order valence-electron chi connectivity index (χ1n) is 8.42. The molecule has 0 aliphatic rings. The van der Waals surface area contributed by atoms with Crippen molar-refractivity contribution in [2.45, 2.75) is 51.3 Å². The summed E-state index contributed by atoms with van der Waals surface area (Å²) in [5.74, 6) is -0.0579. The zero-order valence-electron chi connectivity index (χ0n) is 14.9. The van der Waals surface area contributed by atoms with E-state index in [0.717, 1.165) is 36.3 Å². The van der Waals surface area contributed by atoms with E-state index in [-0.39, 0.29) is 0 Å². The van der Waals surface area contributed by atoms with Gasteiger partial charge in [0, 0.05) is 10.6 Å². The third-order valence-corrected chi connectivity index (χ3v) is 4.76. The minimum absolute atomic E-state index is 0.383. The minimum atomic E-state index is -0.864. The lowest BCUT2D eigenvalue weighted by molar-refractivity contribution is 0.0693. The number of hydrogen-bond donors (Lipinski definition) is 1. The number of carboxylic acid groups (broad SMARTS) is 1. The number of carboxylic acids is 1. The van der Waals surface area contributed by atoms with E-state index in [1.165, 1.54) is 11.1 Å². The van der Waals surface area contributed by atoms with Gasteiger partial charge in [0.05, 0.1) is 5.56 Å². The van der Waals surface area contributed by atoms with Crippen molar-refractivity contribution in [3.8, 4) is 0 Å². The average molecular weight is 345 g/mol. The van der Waals surface area contributed by atoms with Gasteiger partial charge in [-0.05, 0) is 58.6 Å². The van der Waals surface area contributed by atoms with E-state index >= 15 is 0 Å². The summed E-state index contributed by atoms with van der Waals surface area (Å²) in [7, 11) is 0. The van der Waals surface area contributed by atoms with E-state index in [1.54, 1.807) is 23.9 Å². The van der Waals surface area contributed by atoms with Crippen LogP contribution in [0.15, 0.2) is 64.6 Å². The maximum Gasteiger partial charge on any atom is 0.336 e. The highest BCUT2D eigenvalue weighted by Gasteiger charge is 2.08. The molecule has 0 aliphatic heterocycles. The minimum Gasteiger partial charge on any atom is -0.478 e. The van der Waals surface area contributed by atoms with E-state index < -0.39 is 5.97 Å². The summed E-state index contributed by atoms with van der Waals surface area (Å²) in [6.45, 7) is 6.40. The predicted molar refractivity (Wildman–Crippen MR) is 105 cm³/mol. The molecule has 0 aromatic heterocycles. The van der Waals surface area contributed by atoms with E-state index in [1.807, 2.05) is 12.1 Å². The second-order valence-electron chi connectivity index (χ2n) is 5.86. The fraction of sp³-hybridized carbons (Fsp3) is 0.381. The summed E-state index contributed by atoms with van der Waals surface area (Å²) >= 11 is 1.58. The molecule has 130 valence electrons. The molecular weight excluding hydrogens is 316 g/mol. The summed E-state index contributed by atoms with van der Waals surface area (Å²) in [6.07, 6.45) is 13.2. The molecule has 0 fully saturated rings. The highest BCUT2D eigenvalue weighted by molar-refractivity contribution is 7.99. The van der Waals surface area contributed by atoms with Crippen LogP contribution in [0.1, 0.15) is 56.8 Å². The van der Waals surface area contributed by atoms with Crippen molar-refractivity contribution in [1.29, 1.82) is 0 Å². The molecule has 3 heteroatoms. The number of aromatic carboxylic acids is 1. The predicted octanol–water partition coefficient (Wildman–Crippen LogP) is 6.51. The Balaban J connectivity index is 2.40. The molecule has 1 N–H and O–H groups in total. The molecule has 0 saturated heterocycles. The fourth-order valence-corrected chi connectivity index (χ4v) is 3.30. The first-order valence-corrected chi connectivity index (χ1v) is 9.40. The van der Waals surface area contributed by atoms with Gasteiger partial charge in [-0.1, -0.05) is 47.6 Å². The second kappa shape index (κ2) is 11.7. The SMILES string of the molecule is C/C=C\CC/C(C)=C/CC/C(C)=C/CSc1ccccc1C(=O)O. The van der Waals surface area contributed by atoms with Gasteiger partial charge in [0.2, 0.25) is 0 Å². The third kappa shape index (κ3) is 8.21. The van der Waals surface area contributed by atoms with Crippen molar-refractivity contribution in [3.05, 3.63) is 65.3 Å². The Labute approximate surface area is 150 Å². The van der Waals surface area contributed by atoms with Crippen LogP contribution in [0.25, 0.3) is 0 Å². The molecule has 1 rings (SSSR count). The largest absolute Gasteiger partial charge is 0.478 e. The summed E-state index contributed by atoms with van der Waals surface area (Å²) in [5, 5.41) is 9.18. The molecule has 1 aromatic rings. The van der Waals surface area contributed by atoms with Gasteiger partial charge in [0.25, 0.3) is 0 Å². The number of benzene rings is 1. The normalized spacial score (nSPS) is 12.8. The molecule has 0 bridgehead atoms. The standard InChI is InChI=1S/C21H28O2S/c1-4-5-6-10-17(2)11-9-12-18(3)15-16-24-20-14-8-7-13-19(20)21(22)23/h4-5,7-8,11,13-15H,6,9-10,12,16H2,1-3H3,(H,22,23)/b5-4-,17-11+,18-15+. The Morgan fingerprint density at radius 2 is 1.75 bits per heavy atom. The Hall–Kier alpha value is -1.74. The summed E-state index contributed by atoms with van der Waals surface area (Å²) < 4.78 is 0. The molecule has 0 saturated carbocycles. The number of hydrogen-bond acceptors (Lipinski definition) is 2. The average Bonchev–Trinajstić information content (AvgIpc) is 2.55. The van der Waals surface area contributed by atoms with Crippen LogP contribution in [0.3, 0.4) is 0 Å². The molecule has 2 nitrogen and oxygen atoms in total. The molecule has 24 heavy (non-hydrogen) atoms.